The van der Waals surface area contributed by atoms with E-state index < -0.39 is 41.5 Å². The Hall–Kier alpha value is 0.560. The molecular weight excluding hydrogens is 342 g/mol. The minimum absolute atomic E-state index is 0. The second-order valence-corrected chi connectivity index (χ2v) is 5.55. The summed E-state index contributed by atoms with van der Waals surface area (Å²) in [7, 11) is -9.70. The van der Waals surface area contributed by atoms with Crippen molar-refractivity contribution in [3.63, 3.8) is 0 Å². The summed E-state index contributed by atoms with van der Waals surface area (Å²) < 4.78 is 59.9. The van der Waals surface area contributed by atoms with Crippen molar-refractivity contribution in [3.8, 4) is 11.5 Å². The molecule has 1 aromatic rings. The van der Waals surface area contributed by atoms with Crippen LogP contribution in [-0.2, 0) is 20.2 Å². The Labute approximate surface area is 158 Å². The number of benzene rings is 1. The number of phenolic OH excluding ortho intramolecular Hbond substituents is 2. The van der Waals surface area contributed by atoms with E-state index in [0.29, 0.717) is 12.1 Å². The van der Waals surface area contributed by atoms with E-state index in [1.807, 2.05) is 0 Å². The van der Waals surface area contributed by atoms with E-state index in [2.05, 4.69) is 0 Å². The molecule has 1 aromatic carbocycles. The topological polar surface area (TPSA) is 212 Å². The zero-order chi connectivity index (χ0) is 12.7. The molecule has 20 heavy (non-hydrogen) atoms. The molecule has 0 fully saturated rings. The van der Waals surface area contributed by atoms with Crippen LogP contribution in [0.2, 0.25) is 0 Å². The summed E-state index contributed by atoms with van der Waals surface area (Å²) in [4.78, 5) is -2.20. The van der Waals surface area contributed by atoms with Gasteiger partial charge in [0.05, 0.1) is 4.90 Å². The quantitative estimate of drug-likeness (QED) is 0.238. The molecule has 0 atom stereocenters. The first-order valence-electron chi connectivity index (χ1n) is 3.54. The summed E-state index contributed by atoms with van der Waals surface area (Å²) in [5, 5.41) is 18.1. The summed E-state index contributed by atoms with van der Waals surface area (Å²) in [5.41, 5.74) is 0. The maximum atomic E-state index is 10.7. The van der Waals surface area contributed by atoms with Crippen molar-refractivity contribution in [2.45, 2.75) is 9.79 Å². The van der Waals surface area contributed by atoms with Crippen LogP contribution in [0.4, 0.5) is 0 Å². The summed E-state index contributed by atoms with van der Waals surface area (Å²) in [6.45, 7) is 0. The number of hydrogen-bond donors (Lipinski definition) is 4. The van der Waals surface area contributed by atoms with Gasteiger partial charge in [-0.25, -0.2) is 0 Å². The maximum absolute atomic E-state index is 10.7. The zero-order valence-electron chi connectivity index (χ0n) is 8.39. The molecule has 10 nitrogen and oxygen atoms in total. The summed E-state index contributed by atoms with van der Waals surface area (Å²) >= 11 is 0. The third-order valence-corrected chi connectivity index (χ3v) is 3.30. The molecule has 8 N–H and O–H groups in total. The standard InChI is InChI=1S/C6H6O8S2.2Na.2H2O.2H/c7-4-1-3(15(9,10)11)2-5(6(4)8)16(12,13)14;;;;;;/h1-2,7-8H,(H,9,10,11)(H,12,13,14);;;2*1H2;;. The fourth-order valence-corrected chi connectivity index (χ4v) is 2.14. The number of rotatable bonds is 2. The van der Waals surface area contributed by atoms with Crippen molar-refractivity contribution >= 4 is 79.4 Å². The van der Waals surface area contributed by atoms with Gasteiger partial charge >= 0.3 is 59.1 Å². The van der Waals surface area contributed by atoms with E-state index >= 15 is 0 Å². The third-order valence-electron chi connectivity index (χ3n) is 1.60. The van der Waals surface area contributed by atoms with Crippen LogP contribution in [0.1, 0.15) is 0 Å². The normalized spacial score (nSPS) is 10.1. The van der Waals surface area contributed by atoms with Crippen LogP contribution in [0, 0.1) is 0 Å². The molecule has 0 saturated heterocycles. The average molecular weight is 354 g/mol. The molecule has 0 bridgehead atoms. The van der Waals surface area contributed by atoms with Gasteiger partial charge in [0.1, 0.15) is 4.90 Å². The molecule has 0 spiro atoms. The predicted molar refractivity (Wildman–Crippen MR) is 70.9 cm³/mol. The van der Waals surface area contributed by atoms with Gasteiger partial charge in [0.25, 0.3) is 20.2 Å². The van der Waals surface area contributed by atoms with E-state index in [4.69, 9.17) is 19.3 Å². The molecule has 0 aliphatic rings. The summed E-state index contributed by atoms with van der Waals surface area (Å²) in [6, 6.07) is 0.735. The van der Waals surface area contributed by atoms with E-state index in [1.54, 1.807) is 0 Å². The number of hydrogen-bond acceptors (Lipinski definition) is 6. The molecule has 0 unspecified atom stereocenters. The molecule has 0 amide bonds. The van der Waals surface area contributed by atoms with Gasteiger partial charge < -0.3 is 21.2 Å². The number of aromatic hydroxyl groups is 2. The third kappa shape index (κ3) is 7.02. The molecular formula is C6H12Na2O10S2. The Bertz CT molecular complexity index is 638. The van der Waals surface area contributed by atoms with Crippen LogP contribution in [0.3, 0.4) is 0 Å². The monoisotopic (exact) mass is 354 g/mol. The van der Waals surface area contributed by atoms with Crippen LogP contribution in [-0.4, -0.2) is 106 Å². The molecule has 0 aliphatic carbocycles. The Balaban J connectivity index is -0.000000320. The molecule has 0 radical (unpaired) electrons. The van der Waals surface area contributed by atoms with Gasteiger partial charge in [-0.05, 0) is 6.07 Å². The second-order valence-electron chi connectivity index (χ2n) is 2.74. The van der Waals surface area contributed by atoms with Crippen molar-refractivity contribution in [2.75, 3.05) is 0 Å². The van der Waals surface area contributed by atoms with Gasteiger partial charge in [0, 0.05) is 6.07 Å². The molecule has 0 heterocycles. The summed E-state index contributed by atoms with van der Waals surface area (Å²) in [5.74, 6) is -2.32. The van der Waals surface area contributed by atoms with Crippen molar-refractivity contribution < 1.29 is 47.1 Å². The predicted octanol–water partition coefficient (Wildman–Crippen LogP) is -3.36. The molecule has 0 aromatic heterocycles. The Kier molecular flexibility index (Phi) is 13.7. The fourth-order valence-electron chi connectivity index (χ4n) is 0.914. The Morgan fingerprint density at radius 2 is 1.20 bits per heavy atom. The fraction of sp³-hybridized carbons (Fsp3) is 0. The van der Waals surface area contributed by atoms with Gasteiger partial charge in [-0.15, -0.1) is 0 Å². The molecule has 1 rings (SSSR count). The summed E-state index contributed by atoms with van der Waals surface area (Å²) in [6.07, 6.45) is 0. The van der Waals surface area contributed by atoms with E-state index in [-0.39, 0.29) is 70.1 Å². The van der Waals surface area contributed by atoms with E-state index in [9.17, 15) is 16.8 Å². The van der Waals surface area contributed by atoms with Crippen molar-refractivity contribution in [1.82, 2.24) is 0 Å². The average Bonchev–Trinajstić information content (AvgIpc) is 2.05. The van der Waals surface area contributed by atoms with Crippen LogP contribution < -0.4 is 0 Å². The van der Waals surface area contributed by atoms with Gasteiger partial charge in [0.15, 0.2) is 11.5 Å². The molecule has 0 aliphatic heterocycles. The van der Waals surface area contributed by atoms with Crippen molar-refractivity contribution in [2.24, 2.45) is 0 Å². The Morgan fingerprint density at radius 3 is 1.50 bits per heavy atom. The first-order valence-corrected chi connectivity index (χ1v) is 6.42. The van der Waals surface area contributed by atoms with Crippen LogP contribution >= 0.6 is 0 Å². The van der Waals surface area contributed by atoms with E-state index in [1.165, 1.54) is 0 Å². The van der Waals surface area contributed by atoms with Crippen LogP contribution in [0.25, 0.3) is 0 Å². The van der Waals surface area contributed by atoms with Crippen molar-refractivity contribution in [1.29, 1.82) is 0 Å². The van der Waals surface area contributed by atoms with Crippen LogP contribution in [0.15, 0.2) is 21.9 Å². The first-order chi connectivity index (χ1) is 7.03. The second kappa shape index (κ2) is 9.55. The molecule has 0 saturated carbocycles. The molecule has 14 heteroatoms. The van der Waals surface area contributed by atoms with Gasteiger partial charge in [-0.2, -0.15) is 16.8 Å². The van der Waals surface area contributed by atoms with Crippen molar-refractivity contribution in [3.05, 3.63) is 12.1 Å². The molecule has 110 valence electrons. The SMILES string of the molecule is O.O.O=S(=O)(O)c1cc(O)c(O)c(S(=O)(=O)O)c1.[NaH].[NaH]. The Morgan fingerprint density at radius 1 is 0.800 bits per heavy atom. The van der Waals surface area contributed by atoms with Gasteiger partial charge in [-0.3, -0.25) is 9.11 Å². The zero-order valence-corrected chi connectivity index (χ0v) is 10.0. The van der Waals surface area contributed by atoms with Gasteiger partial charge in [0.2, 0.25) is 0 Å². The van der Waals surface area contributed by atoms with E-state index in [0.717, 1.165) is 0 Å². The number of phenols is 2. The van der Waals surface area contributed by atoms with Crippen LogP contribution in [0.5, 0.6) is 11.5 Å². The van der Waals surface area contributed by atoms with Gasteiger partial charge in [-0.1, -0.05) is 0 Å². The first kappa shape index (κ1) is 28.7. The minimum atomic E-state index is -4.92.